The molecule has 0 aliphatic heterocycles. The molecule has 3 aromatic rings. The second-order valence-corrected chi connectivity index (χ2v) is 5.76. The summed E-state index contributed by atoms with van der Waals surface area (Å²) in [6, 6.07) is 6.34. The molecule has 0 atom stereocenters. The zero-order valence-electron chi connectivity index (χ0n) is 13.7. The fourth-order valence-corrected chi connectivity index (χ4v) is 2.62. The molecule has 0 radical (unpaired) electrons. The molecule has 1 N–H and O–H groups in total. The van der Waals surface area contributed by atoms with Crippen LogP contribution in [0.15, 0.2) is 18.2 Å². The van der Waals surface area contributed by atoms with Crippen molar-refractivity contribution in [3.8, 4) is 0 Å². The highest BCUT2D eigenvalue weighted by atomic mass is 15.1. The van der Waals surface area contributed by atoms with Crippen molar-refractivity contribution >= 4 is 16.9 Å². The van der Waals surface area contributed by atoms with Crippen LogP contribution in [0.2, 0.25) is 0 Å². The topological polar surface area (TPSA) is 55.6 Å². The van der Waals surface area contributed by atoms with Gasteiger partial charge in [-0.05, 0) is 45.4 Å². The predicted octanol–water partition coefficient (Wildman–Crippen LogP) is 3.21. The molecule has 0 spiro atoms. The van der Waals surface area contributed by atoms with Gasteiger partial charge in [0.2, 0.25) is 0 Å². The third kappa shape index (κ3) is 2.54. The lowest BCUT2D eigenvalue weighted by Gasteiger charge is -2.11. The maximum Gasteiger partial charge on any atom is 0.133 e. The third-order valence-corrected chi connectivity index (χ3v) is 4.04. The van der Waals surface area contributed by atoms with E-state index in [9.17, 15) is 0 Å². The highest BCUT2D eigenvalue weighted by molar-refractivity contribution is 5.76. The number of aromatic nitrogens is 4. The predicted molar refractivity (Wildman–Crippen MR) is 89.0 cm³/mol. The molecule has 0 amide bonds. The Morgan fingerprint density at radius 2 is 1.82 bits per heavy atom. The monoisotopic (exact) mass is 295 g/mol. The van der Waals surface area contributed by atoms with Gasteiger partial charge in [0.25, 0.3) is 0 Å². The van der Waals surface area contributed by atoms with Crippen molar-refractivity contribution in [3.63, 3.8) is 0 Å². The summed E-state index contributed by atoms with van der Waals surface area (Å²) in [5, 5.41) is 3.39. The van der Waals surface area contributed by atoms with Gasteiger partial charge in [0.15, 0.2) is 0 Å². The molecule has 0 aliphatic carbocycles. The van der Waals surface area contributed by atoms with Crippen molar-refractivity contribution in [1.82, 2.24) is 19.5 Å². The van der Waals surface area contributed by atoms with E-state index in [1.54, 1.807) is 0 Å². The molecule has 0 fully saturated rings. The molecule has 2 aromatic heterocycles. The van der Waals surface area contributed by atoms with Gasteiger partial charge in [0, 0.05) is 18.3 Å². The Morgan fingerprint density at radius 1 is 1.05 bits per heavy atom. The zero-order chi connectivity index (χ0) is 15.9. The number of hydrogen-bond acceptors (Lipinski definition) is 4. The first-order chi connectivity index (χ1) is 10.5. The fourth-order valence-electron chi connectivity index (χ4n) is 2.62. The van der Waals surface area contributed by atoms with Crippen LogP contribution < -0.4 is 5.32 Å². The number of anilines is 1. The molecule has 22 heavy (non-hydrogen) atoms. The van der Waals surface area contributed by atoms with E-state index in [1.165, 1.54) is 5.56 Å². The number of rotatable bonds is 3. The molecule has 2 heterocycles. The van der Waals surface area contributed by atoms with Crippen LogP contribution in [-0.4, -0.2) is 19.5 Å². The Kier molecular flexibility index (Phi) is 3.56. The summed E-state index contributed by atoms with van der Waals surface area (Å²) < 4.78 is 2.12. The second-order valence-electron chi connectivity index (χ2n) is 5.76. The van der Waals surface area contributed by atoms with Crippen LogP contribution in [0.25, 0.3) is 11.0 Å². The highest BCUT2D eigenvalue weighted by Gasteiger charge is 2.10. The maximum absolute atomic E-state index is 4.72. The fraction of sp³-hybridized carbons (Fsp3) is 0.353. The Balaban J connectivity index is 1.90. The molecule has 114 valence electrons. The summed E-state index contributed by atoms with van der Waals surface area (Å²) in [6.45, 7) is 8.68. The van der Waals surface area contributed by atoms with E-state index in [1.807, 2.05) is 27.8 Å². The average Bonchev–Trinajstić information content (AvgIpc) is 2.77. The van der Waals surface area contributed by atoms with Gasteiger partial charge in [-0.1, -0.05) is 6.07 Å². The molecular weight excluding hydrogens is 274 g/mol. The van der Waals surface area contributed by atoms with Gasteiger partial charge < -0.3 is 9.88 Å². The minimum absolute atomic E-state index is 0.640. The number of benzene rings is 1. The van der Waals surface area contributed by atoms with Crippen molar-refractivity contribution < 1.29 is 0 Å². The third-order valence-electron chi connectivity index (χ3n) is 4.04. The van der Waals surface area contributed by atoms with E-state index in [-0.39, 0.29) is 0 Å². The average molecular weight is 295 g/mol. The van der Waals surface area contributed by atoms with Gasteiger partial charge in [-0.25, -0.2) is 15.0 Å². The second kappa shape index (κ2) is 5.40. The molecule has 5 nitrogen and oxygen atoms in total. The summed E-state index contributed by atoms with van der Waals surface area (Å²) in [7, 11) is 2.05. The van der Waals surface area contributed by atoms with Crippen molar-refractivity contribution in [1.29, 1.82) is 0 Å². The summed E-state index contributed by atoms with van der Waals surface area (Å²) in [6.07, 6.45) is 0. The lowest BCUT2D eigenvalue weighted by molar-refractivity contribution is 0.828. The number of fused-ring (bicyclic) bond motifs is 1. The first-order valence-electron chi connectivity index (χ1n) is 7.43. The van der Waals surface area contributed by atoms with Crippen molar-refractivity contribution in [2.24, 2.45) is 7.05 Å². The SMILES string of the molecule is Cc1ccc2c(c1)nc(CNc1nc(C)nc(C)c1C)n2C. The lowest BCUT2D eigenvalue weighted by Crippen LogP contribution is -2.10. The number of imidazole rings is 1. The lowest BCUT2D eigenvalue weighted by atomic mass is 10.2. The van der Waals surface area contributed by atoms with Crippen LogP contribution in [0.1, 0.15) is 28.5 Å². The standard InChI is InChI=1S/C17H21N5/c1-10-6-7-15-14(8-10)21-16(22(15)5)9-18-17-11(2)12(3)19-13(4)20-17/h6-8H,9H2,1-5H3,(H,18,19,20). The number of nitrogens with zero attached hydrogens (tertiary/aromatic N) is 4. The van der Waals surface area contributed by atoms with Crippen LogP contribution >= 0.6 is 0 Å². The van der Waals surface area contributed by atoms with Crippen molar-refractivity contribution in [2.45, 2.75) is 34.2 Å². The van der Waals surface area contributed by atoms with Crippen LogP contribution in [0, 0.1) is 27.7 Å². The van der Waals surface area contributed by atoms with Crippen molar-refractivity contribution in [2.75, 3.05) is 5.32 Å². The quantitative estimate of drug-likeness (QED) is 0.806. The van der Waals surface area contributed by atoms with E-state index in [0.29, 0.717) is 6.54 Å². The first-order valence-corrected chi connectivity index (χ1v) is 7.43. The molecule has 0 saturated heterocycles. The molecule has 1 aromatic carbocycles. The van der Waals surface area contributed by atoms with Crippen molar-refractivity contribution in [3.05, 3.63) is 46.7 Å². The molecule has 0 saturated carbocycles. The van der Waals surface area contributed by atoms with Crippen LogP contribution in [0.3, 0.4) is 0 Å². The van der Waals surface area contributed by atoms with E-state index < -0.39 is 0 Å². The summed E-state index contributed by atoms with van der Waals surface area (Å²) >= 11 is 0. The van der Waals surface area contributed by atoms with Gasteiger partial charge in [-0.2, -0.15) is 0 Å². The minimum atomic E-state index is 0.640. The molecule has 5 heteroatoms. The van der Waals surface area contributed by atoms with Crippen LogP contribution in [-0.2, 0) is 13.6 Å². The Labute approximate surface area is 130 Å². The van der Waals surface area contributed by atoms with Crippen LogP contribution in [0.4, 0.5) is 5.82 Å². The van der Waals surface area contributed by atoms with E-state index in [4.69, 9.17) is 4.98 Å². The first kappa shape index (κ1) is 14.5. The molecule has 0 unspecified atom stereocenters. The van der Waals surface area contributed by atoms with Crippen LogP contribution in [0.5, 0.6) is 0 Å². The van der Waals surface area contributed by atoms with Gasteiger partial charge in [-0.3, -0.25) is 0 Å². The van der Waals surface area contributed by atoms with E-state index >= 15 is 0 Å². The van der Waals surface area contributed by atoms with Gasteiger partial charge in [-0.15, -0.1) is 0 Å². The number of nitrogens with one attached hydrogen (secondary N) is 1. The van der Waals surface area contributed by atoms with Gasteiger partial charge in [0.1, 0.15) is 17.5 Å². The number of hydrogen-bond donors (Lipinski definition) is 1. The summed E-state index contributed by atoms with van der Waals surface area (Å²) in [5.41, 5.74) is 5.50. The Hall–Kier alpha value is -2.43. The highest BCUT2D eigenvalue weighted by Crippen LogP contribution is 2.19. The molecule has 3 rings (SSSR count). The molecule has 0 bridgehead atoms. The molecule has 0 aliphatic rings. The normalized spacial score (nSPS) is 11.1. The smallest absolute Gasteiger partial charge is 0.133 e. The van der Waals surface area contributed by atoms with Gasteiger partial charge in [0.05, 0.1) is 17.6 Å². The van der Waals surface area contributed by atoms with E-state index in [2.05, 4.69) is 45.0 Å². The van der Waals surface area contributed by atoms with Gasteiger partial charge >= 0.3 is 0 Å². The Morgan fingerprint density at radius 3 is 2.59 bits per heavy atom. The molecular formula is C17H21N5. The zero-order valence-corrected chi connectivity index (χ0v) is 13.7. The summed E-state index contributed by atoms with van der Waals surface area (Å²) in [5.74, 6) is 2.66. The van der Waals surface area contributed by atoms with E-state index in [0.717, 1.165) is 39.8 Å². The maximum atomic E-state index is 4.72. The number of aryl methyl sites for hydroxylation is 4. The Bertz CT molecular complexity index is 848. The summed E-state index contributed by atoms with van der Waals surface area (Å²) in [4.78, 5) is 13.6. The minimum Gasteiger partial charge on any atom is -0.363 e. The largest absolute Gasteiger partial charge is 0.363 e.